The largest absolute Gasteiger partial charge is 0.755 e. The average molecular weight is 137 g/mol. The van der Waals surface area contributed by atoms with Crippen molar-refractivity contribution in [3.63, 3.8) is 0 Å². The summed E-state index contributed by atoms with van der Waals surface area (Å²) < 4.78 is 20.8. The van der Waals surface area contributed by atoms with Crippen LogP contribution in [0.2, 0.25) is 0 Å². The van der Waals surface area contributed by atoms with Crippen LogP contribution in [0, 0.1) is 0 Å². The molecule has 5 nitrogen and oxygen atoms in total. The van der Waals surface area contributed by atoms with Gasteiger partial charge >= 0.3 is 6.03 Å². The van der Waals surface area contributed by atoms with Crippen LogP contribution in [-0.2, 0) is 11.3 Å². The highest BCUT2D eigenvalue weighted by atomic mass is 32.2. The molecule has 8 heavy (non-hydrogen) atoms. The number of carbonyl (C=O) groups excluding carboxylic acids is 1. The fourth-order valence-electron chi connectivity index (χ4n) is 0.127. The van der Waals surface area contributed by atoms with Gasteiger partial charge in [-0.1, -0.05) is 0 Å². The second-order valence-electron chi connectivity index (χ2n) is 0.916. The molecule has 0 bridgehead atoms. The molecule has 0 aliphatic carbocycles. The first-order valence-electron chi connectivity index (χ1n) is 1.74. The Bertz CT molecular complexity index is 114. The predicted molar refractivity (Wildman–Crippen MR) is 26.5 cm³/mol. The summed E-state index contributed by atoms with van der Waals surface area (Å²) in [6.07, 6.45) is 0. The number of amides is 2. The minimum Gasteiger partial charge on any atom is -0.755 e. The molecule has 0 saturated heterocycles. The summed E-state index contributed by atoms with van der Waals surface area (Å²) in [5, 5.41) is 2.05. The van der Waals surface area contributed by atoms with Crippen molar-refractivity contribution in [2.24, 2.45) is 0 Å². The number of hydrogen-bond donors (Lipinski definition) is 2. The Kier molecular flexibility index (Phi) is 3.13. The van der Waals surface area contributed by atoms with Crippen molar-refractivity contribution in [1.82, 2.24) is 10.0 Å². The second-order valence-corrected chi connectivity index (χ2v) is 1.59. The molecule has 0 aliphatic rings. The summed E-state index contributed by atoms with van der Waals surface area (Å²) in [6.45, 7) is 0. The van der Waals surface area contributed by atoms with Gasteiger partial charge in [0.05, 0.1) is 0 Å². The SMILES string of the molecule is CNC(=O)NS(=O)[O-]. The van der Waals surface area contributed by atoms with Gasteiger partial charge in [-0.15, -0.1) is 0 Å². The van der Waals surface area contributed by atoms with Crippen molar-refractivity contribution in [3.05, 3.63) is 0 Å². The van der Waals surface area contributed by atoms with Crippen molar-refractivity contribution < 1.29 is 13.6 Å². The first kappa shape index (κ1) is 7.38. The highest BCUT2D eigenvalue weighted by molar-refractivity contribution is 7.77. The smallest absolute Gasteiger partial charge is 0.325 e. The van der Waals surface area contributed by atoms with Crippen LogP contribution in [0.5, 0.6) is 0 Å². The Morgan fingerprint density at radius 3 is 2.38 bits per heavy atom. The average Bonchev–Trinajstić information content (AvgIpc) is 1.65. The molecule has 0 rings (SSSR count). The van der Waals surface area contributed by atoms with E-state index in [4.69, 9.17) is 0 Å². The van der Waals surface area contributed by atoms with E-state index in [1.807, 2.05) is 0 Å². The summed E-state index contributed by atoms with van der Waals surface area (Å²) in [4.78, 5) is 10.0. The molecule has 6 heteroatoms. The molecule has 0 heterocycles. The predicted octanol–water partition coefficient (Wildman–Crippen LogP) is -1.29. The maximum atomic E-state index is 10.0. The fourth-order valence-corrected chi connectivity index (χ4v) is 0.380. The zero-order chi connectivity index (χ0) is 6.57. The molecule has 0 aromatic heterocycles. The van der Waals surface area contributed by atoms with Crippen molar-refractivity contribution in [2.45, 2.75) is 0 Å². The Hall–Kier alpha value is -0.620. The third-order valence-electron chi connectivity index (χ3n) is 0.403. The molecule has 2 amide bonds. The van der Waals surface area contributed by atoms with Crippen LogP contribution >= 0.6 is 0 Å². The molecule has 48 valence electrons. The van der Waals surface area contributed by atoms with Gasteiger partial charge in [-0.05, 0) is 0 Å². The van der Waals surface area contributed by atoms with Gasteiger partial charge in [-0.3, -0.25) is 8.93 Å². The Morgan fingerprint density at radius 2 is 2.25 bits per heavy atom. The molecule has 0 fully saturated rings. The van der Waals surface area contributed by atoms with Gasteiger partial charge < -0.3 is 9.87 Å². The van der Waals surface area contributed by atoms with Crippen molar-refractivity contribution >= 4 is 17.3 Å². The molecule has 2 N–H and O–H groups in total. The third kappa shape index (κ3) is 3.57. The van der Waals surface area contributed by atoms with Gasteiger partial charge in [0.1, 0.15) is 0 Å². The van der Waals surface area contributed by atoms with Crippen LogP contribution in [0.3, 0.4) is 0 Å². The van der Waals surface area contributed by atoms with Gasteiger partial charge in [0, 0.05) is 18.3 Å². The van der Waals surface area contributed by atoms with E-state index in [-0.39, 0.29) is 0 Å². The van der Waals surface area contributed by atoms with E-state index >= 15 is 0 Å². The van der Waals surface area contributed by atoms with Gasteiger partial charge in [0.2, 0.25) is 0 Å². The normalized spacial score (nSPS) is 12.2. The minimum atomic E-state index is -2.51. The molecular weight excluding hydrogens is 132 g/mol. The zero-order valence-electron chi connectivity index (χ0n) is 4.13. The monoisotopic (exact) mass is 137 g/mol. The molecular formula is C2H5N2O3S-. The topological polar surface area (TPSA) is 81.3 Å². The van der Waals surface area contributed by atoms with E-state index in [2.05, 4.69) is 5.32 Å². The van der Waals surface area contributed by atoms with Crippen molar-refractivity contribution in [3.8, 4) is 0 Å². The Morgan fingerprint density at radius 1 is 1.75 bits per heavy atom. The standard InChI is InChI=1S/C2H6N2O3S/c1-3-2(5)4-8(6)7/h1H3,(H,6,7)(H2,3,4,5)/p-1. The van der Waals surface area contributed by atoms with Crippen LogP contribution in [0.25, 0.3) is 0 Å². The Labute approximate surface area is 48.9 Å². The summed E-state index contributed by atoms with van der Waals surface area (Å²) in [7, 11) is 1.32. The number of rotatable bonds is 1. The number of urea groups is 1. The lowest BCUT2D eigenvalue weighted by atomic mass is 11.0. The molecule has 0 aliphatic heterocycles. The van der Waals surface area contributed by atoms with E-state index in [0.29, 0.717) is 0 Å². The van der Waals surface area contributed by atoms with Crippen molar-refractivity contribution in [1.29, 1.82) is 0 Å². The zero-order valence-corrected chi connectivity index (χ0v) is 4.95. The van der Waals surface area contributed by atoms with E-state index in [9.17, 15) is 13.6 Å². The second kappa shape index (κ2) is 3.39. The third-order valence-corrected chi connectivity index (χ3v) is 0.755. The van der Waals surface area contributed by atoms with Crippen molar-refractivity contribution in [2.75, 3.05) is 7.05 Å². The molecule has 0 spiro atoms. The van der Waals surface area contributed by atoms with Crippen LogP contribution in [0.15, 0.2) is 0 Å². The highest BCUT2D eigenvalue weighted by Crippen LogP contribution is 1.62. The number of nitrogens with one attached hydrogen (secondary N) is 2. The first-order valence-corrected chi connectivity index (χ1v) is 2.82. The Balaban J connectivity index is 3.40. The minimum absolute atomic E-state index is 0.738. The van der Waals surface area contributed by atoms with E-state index in [1.54, 1.807) is 4.72 Å². The molecule has 0 saturated carbocycles. The van der Waals surface area contributed by atoms with Crippen LogP contribution < -0.4 is 10.0 Å². The first-order chi connectivity index (χ1) is 3.66. The van der Waals surface area contributed by atoms with Gasteiger partial charge in [-0.2, -0.15) is 0 Å². The molecule has 0 radical (unpaired) electrons. The maximum absolute atomic E-state index is 10.0. The molecule has 0 aromatic rings. The van der Waals surface area contributed by atoms with Gasteiger partial charge in [0.15, 0.2) is 0 Å². The van der Waals surface area contributed by atoms with E-state index in [0.717, 1.165) is 0 Å². The van der Waals surface area contributed by atoms with Crippen LogP contribution in [-0.4, -0.2) is 21.8 Å². The van der Waals surface area contributed by atoms with Crippen LogP contribution in [0.4, 0.5) is 4.79 Å². The summed E-state index contributed by atoms with van der Waals surface area (Å²) in [5.74, 6) is 0. The van der Waals surface area contributed by atoms with E-state index in [1.165, 1.54) is 7.05 Å². The number of hydrogen-bond acceptors (Lipinski definition) is 3. The quantitative estimate of drug-likeness (QED) is 0.441. The number of carbonyl (C=O) groups is 1. The summed E-state index contributed by atoms with van der Waals surface area (Å²) >= 11 is -2.51. The highest BCUT2D eigenvalue weighted by Gasteiger charge is 1.89. The lowest BCUT2D eigenvalue weighted by Gasteiger charge is -2.04. The summed E-state index contributed by atoms with van der Waals surface area (Å²) in [5.41, 5.74) is 0. The maximum Gasteiger partial charge on any atom is 0.325 e. The summed E-state index contributed by atoms with van der Waals surface area (Å²) in [6, 6.07) is -0.738. The van der Waals surface area contributed by atoms with E-state index < -0.39 is 17.3 Å². The molecule has 1 unspecified atom stereocenters. The molecule has 1 atom stereocenters. The van der Waals surface area contributed by atoms with Gasteiger partial charge in [0.25, 0.3) is 0 Å². The lowest BCUT2D eigenvalue weighted by molar-refractivity contribution is 0.247. The van der Waals surface area contributed by atoms with Crippen LogP contribution in [0.1, 0.15) is 0 Å². The van der Waals surface area contributed by atoms with Gasteiger partial charge in [-0.25, -0.2) is 4.79 Å². The fraction of sp³-hybridized carbons (Fsp3) is 0.500. The molecule has 0 aromatic carbocycles. The lowest BCUT2D eigenvalue weighted by Crippen LogP contribution is -2.33.